The number of hydrogen-bond acceptors (Lipinski definition) is 2. The fraction of sp³-hybridized carbons (Fsp3) is 0.286. The molecule has 56 valence electrons. The largest absolute Gasteiger partial charge is 0.383 e. The molecule has 10 heavy (non-hydrogen) atoms. The molecule has 1 aromatic rings. The van der Waals surface area contributed by atoms with Gasteiger partial charge in [0.05, 0.1) is 0 Å². The van der Waals surface area contributed by atoms with Crippen LogP contribution in [0.5, 0.6) is 0 Å². The highest BCUT2D eigenvalue weighted by Crippen LogP contribution is 2.05. The van der Waals surface area contributed by atoms with Crippen molar-refractivity contribution in [2.45, 2.75) is 13.3 Å². The van der Waals surface area contributed by atoms with Gasteiger partial charge in [-0.1, -0.05) is 13.0 Å². The Balaban J connectivity index is 0.000000810. The van der Waals surface area contributed by atoms with Crippen molar-refractivity contribution < 1.29 is 0 Å². The first-order valence-corrected chi connectivity index (χ1v) is 3.04. The number of aryl methyl sites for hydroxylation is 1. The second-order valence-electron chi connectivity index (χ2n) is 1.90. The Morgan fingerprint density at radius 3 is 2.70 bits per heavy atom. The van der Waals surface area contributed by atoms with Crippen molar-refractivity contribution in [1.29, 1.82) is 0 Å². The van der Waals surface area contributed by atoms with Gasteiger partial charge in [-0.15, -0.1) is 12.4 Å². The lowest BCUT2D eigenvalue weighted by Gasteiger charge is -1.97. The van der Waals surface area contributed by atoms with Crippen LogP contribution in [-0.2, 0) is 6.42 Å². The zero-order valence-corrected chi connectivity index (χ0v) is 6.69. The number of nitrogens with zero attached hydrogens (tertiary/aromatic N) is 1. The molecule has 0 bridgehead atoms. The number of anilines is 1. The maximum Gasteiger partial charge on any atom is 0.126 e. The van der Waals surface area contributed by atoms with Crippen molar-refractivity contribution in [2.75, 3.05) is 5.73 Å². The lowest BCUT2D eigenvalue weighted by molar-refractivity contribution is 1.11. The van der Waals surface area contributed by atoms with E-state index in [0.29, 0.717) is 5.82 Å². The molecule has 0 atom stereocenters. The molecule has 1 rings (SSSR count). The van der Waals surface area contributed by atoms with Gasteiger partial charge in [-0.25, -0.2) is 4.98 Å². The maximum absolute atomic E-state index is 5.52. The molecule has 3 heteroatoms. The zero-order chi connectivity index (χ0) is 6.69. The number of aromatic nitrogens is 1. The van der Waals surface area contributed by atoms with Gasteiger partial charge in [-0.2, -0.15) is 0 Å². The van der Waals surface area contributed by atoms with Crippen molar-refractivity contribution in [2.24, 2.45) is 0 Å². The first kappa shape index (κ1) is 9.24. The van der Waals surface area contributed by atoms with E-state index in [9.17, 15) is 0 Å². The molecule has 0 unspecified atom stereocenters. The van der Waals surface area contributed by atoms with Crippen LogP contribution in [0.4, 0.5) is 5.82 Å². The fourth-order valence-corrected chi connectivity index (χ4v) is 0.750. The number of hydrogen-bond donors (Lipinski definition) is 1. The molecule has 2 nitrogen and oxygen atoms in total. The predicted octanol–water partition coefficient (Wildman–Crippen LogP) is 1.65. The van der Waals surface area contributed by atoms with E-state index >= 15 is 0 Å². The zero-order valence-electron chi connectivity index (χ0n) is 5.87. The Morgan fingerprint density at radius 2 is 2.30 bits per heavy atom. The van der Waals surface area contributed by atoms with Crippen molar-refractivity contribution in [3.63, 3.8) is 0 Å². The van der Waals surface area contributed by atoms with E-state index in [1.54, 1.807) is 6.20 Å². The van der Waals surface area contributed by atoms with E-state index in [1.165, 1.54) is 0 Å². The number of pyridine rings is 1. The van der Waals surface area contributed by atoms with Crippen LogP contribution in [0.2, 0.25) is 0 Å². The minimum Gasteiger partial charge on any atom is -0.383 e. The van der Waals surface area contributed by atoms with Gasteiger partial charge in [-0.3, -0.25) is 0 Å². The molecule has 0 fully saturated rings. The smallest absolute Gasteiger partial charge is 0.126 e. The maximum atomic E-state index is 5.52. The van der Waals surface area contributed by atoms with Crippen LogP contribution in [-0.4, -0.2) is 4.98 Å². The topological polar surface area (TPSA) is 38.9 Å². The van der Waals surface area contributed by atoms with Crippen LogP contribution < -0.4 is 5.73 Å². The van der Waals surface area contributed by atoms with Gasteiger partial charge >= 0.3 is 0 Å². The third-order valence-corrected chi connectivity index (χ3v) is 1.31. The van der Waals surface area contributed by atoms with E-state index in [0.717, 1.165) is 12.0 Å². The molecule has 0 radical (unpaired) electrons. The minimum absolute atomic E-state index is 0. The number of nitrogens with two attached hydrogens (primary N) is 1. The Bertz CT molecular complexity index is 201. The van der Waals surface area contributed by atoms with E-state index in [4.69, 9.17) is 5.73 Å². The van der Waals surface area contributed by atoms with Gasteiger partial charge in [0.25, 0.3) is 0 Å². The molecule has 0 aliphatic heterocycles. The molecule has 0 aliphatic rings. The lowest BCUT2D eigenvalue weighted by atomic mass is 10.2. The molecule has 0 spiro atoms. The van der Waals surface area contributed by atoms with Crippen LogP contribution in [0.3, 0.4) is 0 Å². The van der Waals surface area contributed by atoms with Crippen LogP contribution in [0.15, 0.2) is 18.3 Å². The number of halogens is 1. The first-order valence-electron chi connectivity index (χ1n) is 3.04. The van der Waals surface area contributed by atoms with E-state index in [-0.39, 0.29) is 12.4 Å². The monoisotopic (exact) mass is 158 g/mol. The highest BCUT2D eigenvalue weighted by atomic mass is 35.5. The van der Waals surface area contributed by atoms with Crippen LogP contribution >= 0.6 is 12.4 Å². The second kappa shape index (κ2) is 4.12. The summed E-state index contributed by atoms with van der Waals surface area (Å²) in [6.07, 6.45) is 2.66. The van der Waals surface area contributed by atoms with Crippen molar-refractivity contribution in [1.82, 2.24) is 4.98 Å². The molecule has 0 saturated carbocycles. The summed E-state index contributed by atoms with van der Waals surface area (Å²) in [6, 6.07) is 3.89. The third-order valence-electron chi connectivity index (χ3n) is 1.31. The summed E-state index contributed by atoms with van der Waals surface area (Å²) in [4.78, 5) is 3.93. The molecule has 1 aromatic heterocycles. The Hall–Kier alpha value is -0.760. The van der Waals surface area contributed by atoms with E-state index in [2.05, 4.69) is 11.9 Å². The standard InChI is InChI=1S/C7H10N2.ClH/c1-2-6-4-3-5-9-7(6)8;/h3-5H,2H2,1H3,(H2,8,9);1H. The Labute approximate surface area is 66.9 Å². The molecule has 0 amide bonds. The van der Waals surface area contributed by atoms with Gasteiger partial charge in [-0.05, 0) is 18.1 Å². The quantitative estimate of drug-likeness (QED) is 0.675. The molecule has 2 N–H and O–H groups in total. The van der Waals surface area contributed by atoms with E-state index in [1.807, 2.05) is 12.1 Å². The summed E-state index contributed by atoms with van der Waals surface area (Å²) in [5, 5.41) is 0. The predicted molar refractivity (Wildman–Crippen MR) is 45.3 cm³/mol. The highest BCUT2D eigenvalue weighted by Gasteiger charge is 1.91. The fourth-order valence-electron chi connectivity index (χ4n) is 0.750. The second-order valence-corrected chi connectivity index (χ2v) is 1.90. The normalized spacial score (nSPS) is 8.50. The van der Waals surface area contributed by atoms with E-state index < -0.39 is 0 Å². The van der Waals surface area contributed by atoms with Gasteiger partial charge in [0, 0.05) is 6.20 Å². The van der Waals surface area contributed by atoms with Crippen molar-refractivity contribution in [3.8, 4) is 0 Å². The Morgan fingerprint density at radius 1 is 1.60 bits per heavy atom. The highest BCUT2D eigenvalue weighted by molar-refractivity contribution is 5.85. The summed E-state index contributed by atoms with van der Waals surface area (Å²) >= 11 is 0. The van der Waals surface area contributed by atoms with Gasteiger partial charge in [0.15, 0.2) is 0 Å². The molecule has 1 heterocycles. The summed E-state index contributed by atoms with van der Waals surface area (Å²) in [7, 11) is 0. The Kier molecular flexibility index (Phi) is 3.81. The molecule has 0 aliphatic carbocycles. The molecule has 0 saturated heterocycles. The summed E-state index contributed by atoms with van der Waals surface area (Å²) in [5.74, 6) is 0.653. The average Bonchev–Trinajstić information content (AvgIpc) is 1.89. The average molecular weight is 159 g/mol. The van der Waals surface area contributed by atoms with Gasteiger partial charge in [0.2, 0.25) is 0 Å². The summed E-state index contributed by atoms with van der Waals surface area (Å²) in [6.45, 7) is 2.06. The molecular weight excluding hydrogens is 148 g/mol. The lowest BCUT2D eigenvalue weighted by Crippen LogP contribution is -1.94. The van der Waals surface area contributed by atoms with Crippen molar-refractivity contribution in [3.05, 3.63) is 23.9 Å². The van der Waals surface area contributed by atoms with Crippen LogP contribution in [0, 0.1) is 0 Å². The minimum atomic E-state index is 0. The first-order chi connectivity index (χ1) is 4.34. The molecule has 0 aromatic carbocycles. The van der Waals surface area contributed by atoms with Crippen LogP contribution in [0.25, 0.3) is 0 Å². The van der Waals surface area contributed by atoms with Crippen molar-refractivity contribution >= 4 is 18.2 Å². The number of rotatable bonds is 1. The van der Waals surface area contributed by atoms with Gasteiger partial charge in [0.1, 0.15) is 5.82 Å². The SMILES string of the molecule is CCc1cccnc1N.Cl. The third kappa shape index (κ3) is 1.88. The summed E-state index contributed by atoms with van der Waals surface area (Å²) < 4.78 is 0. The van der Waals surface area contributed by atoms with Crippen LogP contribution in [0.1, 0.15) is 12.5 Å². The van der Waals surface area contributed by atoms with Gasteiger partial charge < -0.3 is 5.73 Å². The summed E-state index contributed by atoms with van der Waals surface area (Å²) in [5.41, 5.74) is 6.64. The molecular formula is C7H11ClN2. The number of nitrogen functional groups attached to an aromatic ring is 1.